The number of hydrogen-bond acceptors (Lipinski definition) is 7. The van der Waals surface area contributed by atoms with Crippen molar-refractivity contribution < 1.29 is 28.7 Å². The van der Waals surface area contributed by atoms with E-state index in [1.54, 1.807) is 25.1 Å². The SMILES string of the molecule is Cc1c(Cc2ccc3c(c2)OCO3)sc(NC(=O)c2cccc(N3C(=O)CCC3=O)c2)c1C(N)=O. The normalized spacial score (nSPS) is 14.5. The van der Waals surface area contributed by atoms with Gasteiger partial charge in [-0.1, -0.05) is 12.1 Å². The molecular weight excluding hydrogens is 470 g/mol. The van der Waals surface area contributed by atoms with Crippen LogP contribution in [0.5, 0.6) is 11.5 Å². The average molecular weight is 492 g/mol. The van der Waals surface area contributed by atoms with Gasteiger partial charge in [0.25, 0.3) is 11.8 Å². The van der Waals surface area contributed by atoms with Crippen molar-refractivity contribution in [3.05, 3.63) is 69.6 Å². The molecule has 1 saturated heterocycles. The first-order valence-corrected chi connectivity index (χ1v) is 11.7. The molecule has 2 aromatic carbocycles. The lowest BCUT2D eigenvalue weighted by Crippen LogP contribution is -2.28. The van der Waals surface area contributed by atoms with Gasteiger partial charge in [0.05, 0.1) is 11.3 Å². The number of rotatable bonds is 6. The molecule has 3 N–H and O–H groups in total. The van der Waals surface area contributed by atoms with Crippen LogP contribution in [0.25, 0.3) is 0 Å². The Labute approximate surface area is 204 Å². The number of fused-ring (bicyclic) bond motifs is 1. The van der Waals surface area contributed by atoms with Crippen molar-refractivity contribution in [2.24, 2.45) is 5.73 Å². The Kier molecular flexibility index (Phi) is 5.73. The smallest absolute Gasteiger partial charge is 0.256 e. The number of carbonyl (C=O) groups is 4. The first-order chi connectivity index (χ1) is 16.8. The quantitative estimate of drug-likeness (QED) is 0.509. The van der Waals surface area contributed by atoms with Crippen molar-refractivity contribution in [2.75, 3.05) is 17.0 Å². The second kappa shape index (κ2) is 8.88. The van der Waals surface area contributed by atoms with Crippen LogP contribution in [0.2, 0.25) is 0 Å². The third kappa shape index (κ3) is 4.24. The highest BCUT2D eigenvalue weighted by Crippen LogP contribution is 2.37. The van der Waals surface area contributed by atoms with Crippen molar-refractivity contribution in [1.82, 2.24) is 0 Å². The molecule has 0 saturated carbocycles. The van der Waals surface area contributed by atoms with Crippen molar-refractivity contribution in [2.45, 2.75) is 26.2 Å². The summed E-state index contributed by atoms with van der Waals surface area (Å²) in [6, 6.07) is 11.9. The van der Waals surface area contributed by atoms with E-state index in [1.165, 1.54) is 17.4 Å². The van der Waals surface area contributed by atoms with Gasteiger partial charge in [-0.3, -0.25) is 24.1 Å². The van der Waals surface area contributed by atoms with Gasteiger partial charge in [0.1, 0.15) is 5.00 Å². The molecule has 2 aliphatic heterocycles. The van der Waals surface area contributed by atoms with Gasteiger partial charge in [-0.25, -0.2) is 0 Å². The minimum atomic E-state index is -0.645. The molecule has 35 heavy (non-hydrogen) atoms. The second-order valence-corrected chi connectivity index (χ2v) is 9.32. The summed E-state index contributed by atoms with van der Waals surface area (Å²) in [5, 5.41) is 3.12. The Morgan fingerprint density at radius 3 is 2.54 bits per heavy atom. The zero-order chi connectivity index (χ0) is 24.7. The summed E-state index contributed by atoms with van der Waals surface area (Å²) < 4.78 is 10.8. The Morgan fingerprint density at radius 2 is 1.80 bits per heavy atom. The molecule has 1 fully saturated rings. The van der Waals surface area contributed by atoms with E-state index in [0.29, 0.717) is 34.2 Å². The summed E-state index contributed by atoms with van der Waals surface area (Å²) in [5.74, 6) is -0.384. The van der Waals surface area contributed by atoms with E-state index in [4.69, 9.17) is 15.2 Å². The van der Waals surface area contributed by atoms with Crippen LogP contribution in [0.4, 0.5) is 10.7 Å². The summed E-state index contributed by atoms with van der Waals surface area (Å²) in [7, 11) is 0. The van der Waals surface area contributed by atoms with Crippen molar-refractivity contribution >= 4 is 45.7 Å². The number of carbonyl (C=O) groups excluding carboxylic acids is 4. The molecule has 0 unspecified atom stereocenters. The predicted octanol–water partition coefficient (Wildman–Crippen LogP) is 3.38. The zero-order valence-corrected chi connectivity index (χ0v) is 19.6. The fraction of sp³-hybridized carbons (Fsp3) is 0.200. The molecule has 3 aromatic rings. The summed E-state index contributed by atoms with van der Waals surface area (Å²) in [6.07, 6.45) is 0.813. The van der Waals surface area contributed by atoms with Crippen LogP contribution in [-0.4, -0.2) is 30.4 Å². The largest absolute Gasteiger partial charge is 0.454 e. The number of primary amides is 1. The number of hydrogen-bond donors (Lipinski definition) is 2. The number of ether oxygens (including phenoxy) is 2. The van der Waals surface area contributed by atoms with Crippen LogP contribution in [-0.2, 0) is 16.0 Å². The maximum atomic E-state index is 13.1. The molecule has 4 amide bonds. The average Bonchev–Trinajstić information content (AvgIpc) is 3.51. The lowest BCUT2D eigenvalue weighted by Gasteiger charge is -2.14. The zero-order valence-electron chi connectivity index (χ0n) is 18.8. The molecular formula is C25H21N3O6S. The summed E-state index contributed by atoms with van der Waals surface area (Å²) in [5.41, 5.74) is 8.13. The lowest BCUT2D eigenvalue weighted by atomic mass is 10.0. The van der Waals surface area contributed by atoms with Gasteiger partial charge in [-0.15, -0.1) is 11.3 Å². The van der Waals surface area contributed by atoms with Crippen LogP contribution in [0.15, 0.2) is 42.5 Å². The van der Waals surface area contributed by atoms with E-state index < -0.39 is 11.8 Å². The van der Waals surface area contributed by atoms with E-state index in [2.05, 4.69) is 5.32 Å². The molecule has 2 aliphatic rings. The fourth-order valence-electron chi connectivity index (χ4n) is 4.18. The highest BCUT2D eigenvalue weighted by atomic mass is 32.1. The second-order valence-electron chi connectivity index (χ2n) is 8.21. The monoisotopic (exact) mass is 491 g/mol. The van der Waals surface area contributed by atoms with Gasteiger partial charge in [0, 0.05) is 29.7 Å². The standard InChI is InChI=1S/C25H21N3O6S/c1-13-19(10-14-5-6-17-18(9-14)34-12-33-17)35-25(22(13)23(26)31)27-24(32)15-3-2-4-16(11-15)28-20(29)7-8-21(28)30/h2-6,9,11H,7-8,10,12H2,1H3,(H2,26,31)(H,27,32). The Balaban J connectivity index is 1.41. The van der Waals surface area contributed by atoms with Crippen molar-refractivity contribution in [1.29, 1.82) is 0 Å². The molecule has 5 rings (SSSR count). The third-order valence-corrected chi connectivity index (χ3v) is 7.15. The van der Waals surface area contributed by atoms with E-state index in [1.807, 2.05) is 18.2 Å². The molecule has 0 aliphatic carbocycles. The summed E-state index contributed by atoms with van der Waals surface area (Å²) in [6.45, 7) is 1.97. The maximum Gasteiger partial charge on any atom is 0.256 e. The molecule has 0 radical (unpaired) electrons. The van der Waals surface area contributed by atoms with Crippen molar-refractivity contribution in [3.8, 4) is 11.5 Å². The van der Waals surface area contributed by atoms with Gasteiger partial charge in [0.15, 0.2) is 11.5 Å². The molecule has 178 valence electrons. The number of anilines is 2. The molecule has 3 heterocycles. The Bertz CT molecular complexity index is 1380. The molecule has 0 spiro atoms. The number of thiophene rings is 1. The Hall–Kier alpha value is -4.18. The molecule has 0 atom stereocenters. The van der Waals surface area contributed by atoms with Crippen LogP contribution in [0.1, 0.15) is 49.6 Å². The molecule has 10 heteroatoms. The van der Waals surface area contributed by atoms with Crippen LogP contribution >= 0.6 is 11.3 Å². The lowest BCUT2D eigenvalue weighted by molar-refractivity contribution is -0.121. The predicted molar refractivity (Wildman–Crippen MR) is 129 cm³/mol. The molecule has 1 aromatic heterocycles. The van der Waals surface area contributed by atoms with Gasteiger partial charge >= 0.3 is 0 Å². The highest BCUT2D eigenvalue weighted by molar-refractivity contribution is 7.17. The molecule has 9 nitrogen and oxygen atoms in total. The topological polar surface area (TPSA) is 128 Å². The summed E-state index contributed by atoms with van der Waals surface area (Å²) in [4.78, 5) is 51.4. The van der Waals surface area contributed by atoms with E-state index in [0.717, 1.165) is 15.3 Å². The number of nitrogens with zero attached hydrogens (tertiary/aromatic N) is 1. The molecule has 0 bridgehead atoms. The van der Waals surface area contributed by atoms with Gasteiger partial charge < -0.3 is 20.5 Å². The van der Waals surface area contributed by atoms with E-state index in [-0.39, 0.29) is 42.6 Å². The third-order valence-electron chi connectivity index (χ3n) is 5.94. The number of benzene rings is 2. The van der Waals surface area contributed by atoms with Crippen LogP contribution in [0, 0.1) is 6.92 Å². The van der Waals surface area contributed by atoms with E-state index in [9.17, 15) is 19.2 Å². The minimum absolute atomic E-state index is 0.151. The first kappa shape index (κ1) is 22.6. The Morgan fingerprint density at radius 1 is 1.06 bits per heavy atom. The number of nitrogens with two attached hydrogens (primary N) is 1. The number of nitrogens with one attached hydrogen (secondary N) is 1. The van der Waals surface area contributed by atoms with E-state index >= 15 is 0 Å². The van der Waals surface area contributed by atoms with Crippen molar-refractivity contribution in [3.63, 3.8) is 0 Å². The number of imide groups is 1. The van der Waals surface area contributed by atoms with Crippen LogP contribution in [0.3, 0.4) is 0 Å². The van der Waals surface area contributed by atoms with Gasteiger partial charge in [-0.2, -0.15) is 0 Å². The maximum absolute atomic E-state index is 13.1. The first-order valence-electron chi connectivity index (χ1n) is 10.9. The highest BCUT2D eigenvalue weighted by Gasteiger charge is 2.30. The van der Waals surface area contributed by atoms with Crippen LogP contribution < -0.4 is 25.4 Å². The van der Waals surface area contributed by atoms with Gasteiger partial charge in [-0.05, 0) is 48.4 Å². The number of amides is 4. The summed E-state index contributed by atoms with van der Waals surface area (Å²) >= 11 is 1.27. The fourth-order valence-corrected chi connectivity index (χ4v) is 5.42. The van der Waals surface area contributed by atoms with Gasteiger partial charge in [0.2, 0.25) is 18.6 Å². The minimum Gasteiger partial charge on any atom is -0.454 e.